The molecule has 202 valence electrons. The first-order valence-corrected chi connectivity index (χ1v) is 13.3. The predicted octanol–water partition coefficient (Wildman–Crippen LogP) is 4.96. The molecule has 2 atom stereocenters. The number of amides is 1. The van der Waals surface area contributed by atoms with Crippen molar-refractivity contribution < 1.29 is 24.2 Å². The van der Waals surface area contributed by atoms with Gasteiger partial charge in [-0.1, -0.05) is 42.5 Å². The molecule has 0 aromatic heterocycles. The van der Waals surface area contributed by atoms with E-state index in [-0.39, 0.29) is 17.4 Å². The Hall–Kier alpha value is -4.10. The van der Waals surface area contributed by atoms with Crippen LogP contribution in [-0.4, -0.2) is 59.9 Å². The average Bonchev–Trinajstić information content (AvgIpc) is 3.43. The topological polar surface area (TPSA) is 79.3 Å². The van der Waals surface area contributed by atoms with Crippen molar-refractivity contribution in [3.05, 3.63) is 101 Å². The number of aliphatic hydroxyl groups excluding tert-OH is 1. The molecule has 2 aliphatic heterocycles. The van der Waals surface area contributed by atoms with Crippen LogP contribution in [0.15, 0.2) is 78.4 Å². The van der Waals surface area contributed by atoms with Gasteiger partial charge in [-0.05, 0) is 81.0 Å². The van der Waals surface area contributed by atoms with E-state index in [0.29, 0.717) is 36.4 Å². The third-order valence-corrected chi connectivity index (χ3v) is 7.14. The predicted molar refractivity (Wildman–Crippen MR) is 150 cm³/mol. The molecule has 1 saturated heterocycles. The molecule has 2 heterocycles. The van der Waals surface area contributed by atoms with Gasteiger partial charge in [-0.2, -0.15) is 0 Å². The minimum absolute atomic E-state index is 0.0540. The van der Waals surface area contributed by atoms with Crippen molar-refractivity contribution in [1.82, 2.24) is 9.80 Å². The van der Waals surface area contributed by atoms with Crippen molar-refractivity contribution in [1.29, 1.82) is 0 Å². The fourth-order valence-electron chi connectivity index (χ4n) is 5.25. The normalized spacial score (nSPS) is 19.8. The van der Waals surface area contributed by atoms with Gasteiger partial charge < -0.3 is 24.4 Å². The first kappa shape index (κ1) is 26.5. The highest BCUT2D eigenvalue weighted by molar-refractivity contribution is 6.46. The number of hydrogen-bond acceptors (Lipinski definition) is 6. The van der Waals surface area contributed by atoms with Crippen LogP contribution in [-0.2, 0) is 22.6 Å². The van der Waals surface area contributed by atoms with Crippen LogP contribution in [0.5, 0.6) is 11.5 Å². The molecule has 2 aliphatic rings. The Labute approximate surface area is 229 Å². The number of Topliss-reactive ketones (excluding diaryl/α,β-unsaturated/α-hetero) is 1. The first-order chi connectivity index (χ1) is 18.8. The second-order valence-electron chi connectivity index (χ2n) is 10.5. The summed E-state index contributed by atoms with van der Waals surface area (Å²) in [4.78, 5) is 30.3. The molecule has 2 unspecified atom stereocenters. The van der Waals surface area contributed by atoms with E-state index >= 15 is 0 Å². The highest BCUT2D eigenvalue weighted by atomic mass is 16.5. The smallest absolute Gasteiger partial charge is 0.295 e. The third-order valence-electron chi connectivity index (χ3n) is 7.14. The molecule has 0 radical (unpaired) electrons. The van der Waals surface area contributed by atoms with Crippen molar-refractivity contribution in [2.75, 3.05) is 27.2 Å². The van der Waals surface area contributed by atoms with Gasteiger partial charge in [0.15, 0.2) is 0 Å². The highest BCUT2D eigenvalue weighted by Crippen LogP contribution is 2.41. The van der Waals surface area contributed by atoms with Crippen LogP contribution in [0.25, 0.3) is 5.76 Å². The molecule has 7 heteroatoms. The second-order valence-corrected chi connectivity index (χ2v) is 10.5. The maximum atomic E-state index is 13.4. The molecular formula is C32H34N2O5. The van der Waals surface area contributed by atoms with Crippen molar-refractivity contribution in [3.63, 3.8) is 0 Å². The molecule has 7 nitrogen and oxygen atoms in total. The van der Waals surface area contributed by atoms with E-state index in [9.17, 15) is 14.7 Å². The molecule has 1 fully saturated rings. The molecule has 39 heavy (non-hydrogen) atoms. The lowest BCUT2D eigenvalue weighted by molar-refractivity contribution is -0.139. The molecule has 0 saturated carbocycles. The number of hydrogen-bond donors (Lipinski definition) is 1. The number of carbonyl (C=O) groups excluding carboxylic acids is 2. The van der Waals surface area contributed by atoms with E-state index < -0.39 is 17.7 Å². The van der Waals surface area contributed by atoms with Gasteiger partial charge in [0.25, 0.3) is 11.7 Å². The molecule has 1 N–H and O–H groups in total. The quantitative estimate of drug-likeness (QED) is 0.241. The number of rotatable bonds is 9. The number of likely N-dealkylation sites (tertiary alicyclic amines) is 1. The third kappa shape index (κ3) is 5.68. The van der Waals surface area contributed by atoms with Crippen molar-refractivity contribution >= 4 is 17.4 Å². The van der Waals surface area contributed by atoms with E-state index in [0.717, 1.165) is 29.8 Å². The maximum Gasteiger partial charge on any atom is 0.295 e. The molecule has 0 bridgehead atoms. The fraction of sp³-hybridized carbons (Fsp3) is 0.312. The first-order valence-electron chi connectivity index (χ1n) is 13.3. The number of carbonyl (C=O) groups is 2. The second kappa shape index (κ2) is 11.3. The van der Waals surface area contributed by atoms with E-state index in [2.05, 4.69) is 0 Å². The Kier molecular flexibility index (Phi) is 7.70. The van der Waals surface area contributed by atoms with Gasteiger partial charge in [-0.15, -0.1) is 0 Å². The molecular weight excluding hydrogens is 492 g/mol. The summed E-state index contributed by atoms with van der Waals surface area (Å²) in [5, 5.41) is 11.5. The highest BCUT2D eigenvalue weighted by Gasteiger charge is 2.46. The Balaban J connectivity index is 1.52. The van der Waals surface area contributed by atoms with E-state index in [1.165, 1.54) is 0 Å². The summed E-state index contributed by atoms with van der Waals surface area (Å²) in [5.74, 6) is -0.0505. The Morgan fingerprint density at radius 3 is 2.62 bits per heavy atom. The van der Waals surface area contributed by atoms with Gasteiger partial charge in [-0.3, -0.25) is 9.59 Å². The van der Waals surface area contributed by atoms with Crippen LogP contribution in [0.3, 0.4) is 0 Å². The molecule has 3 aromatic carbocycles. The Bertz CT molecular complexity index is 1400. The maximum absolute atomic E-state index is 13.4. The molecule has 3 aromatic rings. The number of ketones is 1. The van der Waals surface area contributed by atoms with Crippen LogP contribution in [0.2, 0.25) is 0 Å². The monoisotopic (exact) mass is 526 g/mol. The zero-order valence-corrected chi connectivity index (χ0v) is 22.6. The summed E-state index contributed by atoms with van der Waals surface area (Å²) in [7, 11) is 3.94. The summed E-state index contributed by atoms with van der Waals surface area (Å²) in [6.07, 6.45) is 1.47. The zero-order chi connectivity index (χ0) is 27.5. The summed E-state index contributed by atoms with van der Waals surface area (Å²) in [5.41, 5.74) is 3.31. The summed E-state index contributed by atoms with van der Waals surface area (Å²) < 4.78 is 11.8. The lowest BCUT2D eigenvalue weighted by atomic mass is 9.94. The Morgan fingerprint density at radius 2 is 1.85 bits per heavy atom. The van der Waals surface area contributed by atoms with E-state index in [1.807, 2.05) is 92.6 Å². The standard InChI is InChI=1S/C32H34N2O5/c1-21-17-25-18-24(13-14-27(25)39-21)30(35)28-29(34(32(37)31(28)36)16-8-15-33(2)3)23-11-7-12-26(19-23)38-20-22-9-5-4-6-10-22/h4-7,9-14,18-19,21,29,35H,8,15-17,20H2,1-3H3/b30-28-. The molecule has 0 spiro atoms. The van der Waals surface area contributed by atoms with E-state index in [4.69, 9.17) is 9.47 Å². The van der Waals surface area contributed by atoms with Crippen LogP contribution in [0, 0.1) is 0 Å². The zero-order valence-electron chi connectivity index (χ0n) is 22.6. The Morgan fingerprint density at radius 1 is 1.05 bits per heavy atom. The number of benzene rings is 3. The summed E-state index contributed by atoms with van der Waals surface area (Å²) in [6.45, 7) is 3.53. The van der Waals surface area contributed by atoms with Crippen molar-refractivity contribution in [2.45, 2.75) is 38.5 Å². The van der Waals surface area contributed by atoms with Gasteiger partial charge in [-0.25, -0.2) is 0 Å². The number of fused-ring (bicyclic) bond motifs is 1. The van der Waals surface area contributed by atoms with Gasteiger partial charge >= 0.3 is 0 Å². The summed E-state index contributed by atoms with van der Waals surface area (Å²) >= 11 is 0. The van der Waals surface area contributed by atoms with Crippen LogP contribution >= 0.6 is 0 Å². The minimum Gasteiger partial charge on any atom is -0.507 e. The molecule has 0 aliphatic carbocycles. The average molecular weight is 527 g/mol. The van der Waals surface area contributed by atoms with Gasteiger partial charge in [0.05, 0.1) is 11.6 Å². The van der Waals surface area contributed by atoms with Crippen LogP contribution < -0.4 is 9.47 Å². The van der Waals surface area contributed by atoms with Crippen molar-refractivity contribution in [3.8, 4) is 11.5 Å². The van der Waals surface area contributed by atoms with E-state index in [1.54, 1.807) is 11.0 Å². The van der Waals surface area contributed by atoms with Crippen molar-refractivity contribution in [2.24, 2.45) is 0 Å². The van der Waals surface area contributed by atoms with Gasteiger partial charge in [0.1, 0.15) is 30.0 Å². The van der Waals surface area contributed by atoms with Crippen LogP contribution in [0.1, 0.15) is 41.6 Å². The fourth-order valence-corrected chi connectivity index (χ4v) is 5.25. The lowest BCUT2D eigenvalue weighted by Crippen LogP contribution is -2.32. The largest absolute Gasteiger partial charge is 0.507 e. The number of nitrogens with zero attached hydrogens (tertiary/aromatic N) is 2. The minimum atomic E-state index is -0.726. The molecule has 5 rings (SSSR count). The van der Waals surface area contributed by atoms with Gasteiger partial charge in [0.2, 0.25) is 0 Å². The van der Waals surface area contributed by atoms with Gasteiger partial charge in [0, 0.05) is 18.5 Å². The molecule has 1 amide bonds. The van der Waals surface area contributed by atoms with Crippen LogP contribution in [0.4, 0.5) is 0 Å². The number of aliphatic hydroxyl groups is 1. The number of ether oxygens (including phenoxy) is 2. The summed E-state index contributed by atoms with van der Waals surface area (Å²) in [6, 6.07) is 22.0. The SMILES string of the molecule is CC1Cc2cc(/C(O)=C3/C(=O)C(=O)N(CCCN(C)C)C3c3cccc(OCc4ccccc4)c3)ccc2O1. The lowest BCUT2D eigenvalue weighted by Gasteiger charge is -2.26.